The van der Waals surface area contributed by atoms with Crippen LogP contribution in [0.3, 0.4) is 0 Å². The van der Waals surface area contributed by atoms with Gasteiger partial charge in [-0.15, -0.1) is 0 Å². The molecule has 4 rings (SSSR count). The van der Waals surface area contributed by atoms with Gasteiger partial charge in [-0.3, -0.25) is 20.2 Å². The molecule has 2 atom stereocenters. The number of hydrogen-bond donors (Lipinski definition) is 2. The average molecular weight is 334 g/mol. The number of nitrogens with one attached hydrogen (secondary N) is 2. The summed E-state index contributed by atoms with van der Waals surface area (Å²) in [6, 6.07) is 1.73. The Bertz CT molecular complexity index is 638. The molecule has 0 bridgehead atoms. The molecule has 4 heterocycles. The van der Waals surface area contributed by atoms with E-state index in [1.165, 1.54) is 0 Å². The lowest BCUT2D eigenvalue weighted by atomic mass is 10.0. The van der Waals surface area contributed by atoms with Crippen molar-refractivity contribution in [3.05, 3.63) is 18.0 Å². The largest absolute Gasteiger partial charge is 0.482 e. The summed E-state index contributed by atoms with van der Waals surface area (Å²) in [5.74, 6) is 0.876. The van der Waals surface area contributed by atoms with Gasteiger partial charge in [0.15, 0.2) is 12.4 Å². The minimum absolute atomic E-state index is 0.0237. The molecule has 2 saturated heterocycles. The van der Waals surface area contributed by atoms with E-state index in [0.29, 0.717) is 51.6 Å². The molecule has 0 saturated carbocycles. The molecule has 24 heavy (non-hydrogen) atoms. The molecule has 8 nitrogen and oxygen atoms in total. The predicted molar refractivity (Wildman–Crippen MR) is 84.6 cm³/mol. The molecular weight excluding hydrogens is 312 g/mol. The van der Waals surface area contributed by atoms with E-state index in [-0.39, 0.29) is 30.5 Å². The third kappa shape index (κ3) is 2.92. The lowest BCUT2D eigenvalue weighted by molar-refractivity contribution is -0.137. The number of aromatic nitrogens is 1. The van der Waals surface area contributed by atoms with Crippen LogP contribution in [0.4, 0.5) is 0 Å². The van der Waals surface area contributed by atoms with Gasteiger partial charge in [0.1, 0.15) is 18.0 Å². The number of carbonyl (C=O) groups excluding carboxylic acids is 2. The number of Topliss-reactive ketones (excluding diaryl/α,β-unsaturated/α-hetero) is 1. The van der Waals surface area contributed by atoms with Crippen molar-refractivity contribution in [2.24, 2.45) is 0 Å². The maximum atomic E-state index is 12.2. The van der Waals surface area contributed by atoms with Crippen molar-refractivity contribution in [3.63, 3.8) is 0 Å². The van der Waals surface area contributed by atoms with Crippen LogP contribution in [0.5, 0.6) is 5.75 Å². The Morgan fingerprint density at radius 3 is 3.00 bits per heavy atom. The van der Waals surface area contributed by atoms with Gasteiger partial charge in [0.05, 0.1) is 13.2 Å². The first-order valence-electron chi connectivity index (χ1n) is 8.41. The van der Waals surface area contributed by atoms with E-state index in [9.17, 15) is 9.59 Å². The summed E-state index contributed by atoms with van der Waals surface area (Å²) in [5, 5.41) is 6.65. The molecule has 1 aromatic heterocycles. The number of piperidine rings is 1. The molecule has 1 amide bonds. The molecule has 130 valence electrons. The zero-order valence-corrected chi connectivity index (χ0v) is 13.5. The van der Waals surface area contributed by atoms with Gasteiger partial charge in [0.25, 0.3) is 5.91 Å². The van der Waals surface area contributed by atoms with Crippen molar-refractivity contribution in [2.45, 2.75) is 25.2 Å². The van der Waals surface area contributed by atoms with Gasteiger partial charge < -0.3 is 18.9 Å². The molecule has 0 spiro atoms. The summed E-state index contributed by atoms with van der Waals surface area (Å²) in [6.45, 7) is 3.74. The SMILES string of the molecule is O=C1CCNC2C1NCc1cc(OCC(=O)N3CCOCC3)cn12. The highest BCUT2D eigenvalue weighted by Crippen LogP contribution is 2.27. The van der Waals surface area contributed by atoms with Gasteiger partial charge in [0, 0.05) is 50.6 Å². The van der Waals surface area contributed by atoms with Gasteiger partial charge in [-0.1, -0.05) is 0 Å². The Balaban J connectivity index is 1.41. The molecule has 3 aliphatic rings. The first-order chi connectivity index (χ1) is 11.7. The monoisotopic (exact) mass is 334 g/mol. The first kappa shape index (κ1) is 15.6. The van der Waals surface area contributed by atoms with Crippen LogP contribution < -0.4 is 15.4 Å². The summed E-state index contributed by atoms with van der Waals surface area (Å²) >= 11 is 0. The first-order valence-corrected chi connectivity index (χ1v) is 8.41. The van der Waals surface area contributed by atoms with Crippen LogP contribution >= 0.6 is 0 Å². The van der Waals surface area contributed by atoms with E-state index < -0.39 is 0 Å². The van der Waals surface area contributed by atoms with Crippen molar-refractivity contribution in [3.8, 4) is 5.75 Å². The standard InChI is InChI=1S/C16H22N4O4/c21-13-1-2-17-16-15(13)18-8-11-7-12(9-20(11)16)24-10-14(22)19-3-5-23-6-4-19/h7,9,15-18H,1-6,8,10H2. The maximum absolute atomic E-state index is 12.2. The Labute approximate surface area is 140 Å². The number of ether oxygens (including phenoxy) is 2. The quantitative estimate of drug-likeness (QED) is 0.757. The van der Waals surface area contributed by atoms with Gasteiger partial charge in [0.2, 0.25) is 0 Å². The van der Waals surface area contributed by atoms with Gasteiger partial charge >= 0.3 is 0 Å². The van der Waals surface area contributed by atoms with Crippen LogP contribution in [0, 0.1) is 0 Å². The van der Waals surface area contributed by atoms with Crippen molar-refractivity contribution >= 4 is 11.7 Å². The third-order valence-corrected chi connectivity index (χ3v) is 4.82. The normalized spacial score (nSPS) is 26.7. The van der Waals surface area contributed by atoms with Crippen molar-refractivity contribution < 1.29 is 19.1 Å². The Morgan fingerprint density at radius 1 is 1.33 bits per heavy atom. The molecule has 0 aliphatic carbocycles. The van der Waals surface area contributed by atoms with E-state index in [4.69, 9.17) is 9.47 Å². The molecule has 2 unspecified atom stereocenters. The van der Waals surface area contributed by atoms with Crippen molar-refractivity contribution in [1.82, 2.24) is 20.1 Å². The van der Waals surface area contributed by atoms with Gasteiger partial charge in [-0.2, -0.15) is 0 Å². The van der Waals surface area contributed by atoms with E-state index in [1.54, 1.807) is 4.90 Å². The topological polar surface area (TPSA) is 84.8 Å². The molecule has 2 fully saturated rings. The van der Waals surface area contributed by atoms with Crippen molar-refractivity contribution in [1.29, 1.82) is 0 Å². The Hall–Kier alpha value is -1.90. The van der Waals surface area contributed by atoms with E-state index >= 15 is 0 Å². The lowest BCUT2D eigenvalue weighted by Gasteiger charge is -2.37. The Kier molecular flexibility index (Phi) is 4.26. The minimum atomic E-state index is -0.193. The summed E-state index contributed by atoms with van der Waals surface area (Å²) in [6.07, 6.45) is 2.36. The average Bonchev–Trinajstić information content (AvgIpc) is 3.04. The molecule has 1 aromatic rings. The summed E-state index contributed by atoms with van der Waals surface area (Å²) in [5.41, 5.74) is 1.05. The lowest BCUT2D eigenvalue weighted by Crippen LogP contribution is -2.56. The fourth-order valence-corrected chi connectivity index (χ4v) is 3.52. The highest BCUT2D eigenvalue weighted by molar-refractivity contribution is 5.85. The number of carbonyl (C=O) groups is 2. The van der Waals surface area contributed by atoms with Crippen molar-refractivity contribution in [2.75, 3.05) is 39.5 Å². The Morgan fingerprint density at radius 2 is 2.17 bits per heavy atom. The summed E-state index contributed by atoms with van der Waals surface area (Å²) in [4.78, 5) is 25.9. The second-order valence-corrected chi connectivity index (χ2v) is 6.33. The van der Waals surface area contributed by atoms with Crippen LogP contribution in [0.1, 0.15) is 18.3 Å². The van der Waals surface area contributed by atoms with Crippen LogP contribution in [0.2, 0.25) is 0 Å². The van der Waals surface area contributed by atoms with Crippen LogP contribution in [-0.4, -0.2) is 66.7 Å². The zero-order chi connectivity index (χ0) is 16.5. The fourth-order valence-electron chi connectivity index (χ4n) is 3.52. The number of ketones is 1. The number of morpholine rings is 1. The van der Waals surface area contributed by atoms with Gasteiger partial charge in [-0.05, 0) is 0 Å². The smallest absolute Gasteiger partial charge is 0.260 e. The van der Waals surface area contributed by atoms with Crippen LogP contribution in [0.15, 0.2) is 12.3 Å². The van der Waals surface area contributed by atoms with E-state index in [0.717, 1.165) is 5.69 Å². The number of fused-ring (bicyclic) bond motifs is 3. The van der Waals surface area contributed by atoms with Crippen LogP contribution in [-0.2, 0) is 20.9 Å². The molecular formula is C16H22N4O4. The number of nitrogens with zero attached hydrogens (tertiary/aromatic N) is 2. The molecule has 2 N–H and O–H groups in total. The highest BCUT2D eigenvalue weighted by Gasteiger charge is 2.36. The number of rotatable bonds is 3. The molecule has 8 heteroatoms. The van der Waals surface area contributed by atoms with Crippen LogP contribution in [0.25, 0.3) is 0 Å². The second-order valence-electron chi connectivity index (χ2n) is 6.33. The van der Waals surface area contributed by atoms with E-state index in [2.05, 4.69) is 10.6 Å². The molecule has 0 radical (unpaired) electrons. The van der Waals surface area contributed by atoms with E-state index in [1.807, 2.05) is 16.8 Å². The third-order valence-electron chi connectivity index (χ3n) is 4.82. The highest BCUT2D eigenvalue weighted by atomic mass is 16.5. The number of amides is 1. The maximum Gasteiger partial charge on any atom is 0.260 e. The summed E-state index contributed by atoms with van der Waals surface area (Å²) < 4.78 is 13.0. The molecule has 3 aliphatic heterocycles. The molecule has 0 aromatic carbocycles. The predicted octanol–water partition coefficient (Wildman–Crippen LogP) is -0.741. The minimum Gasteiger partial charge on any atom is -0.482 e. The second kappa shape index (κ2) is 6.54. The fraction of sp³-hybridized carbons (Fsp3) is 0.625. The summed E-state index contributed by atoms with van der Waals surface area (Å²) in [7, 11) is 0. The zero-order valence-electron chi connectivity index (χ0n) is 13.5. The number of hydrogen-bond acceptors (Lipinski definition) is 6. The van der Waals surface area contributed by atoms with Gasteiger partial charge in [-0.25, -0.2) is 0 Å².